The highest BCUT2D eigenvalue weighted by atomic mass is 35.5. The van der Waals surface area contributed by atoms with Gasteiger partial charge in [0.1, 0.15) is 0 Å². The predicted molar refractivity (Wildman–Crippen MR) is 76.3 cm³/mol. The van der Waals surface area contributed by atoms with Crippen LogP contribution in [-0.4, -0.2) is 29.1 Å². The molecule has 1 unspecified atom stereocenters. The van der Waals surface area contributed by atoms with Crippen molar-refractivity contribution >= 4 is 23.2 Å². The Labute approximate surface area is 119 Å². The number of hydrogen-bond acceptors (Lipinski definition) is 2. The molecule has 1 aliphatic carbocycles. The lowest BCUT2D eigenvalue weighted by molar-refractivity contribution is 0.141. The van der Waals surface area contributed by atoms with Crippen LogP contribution >= 0.6 is 23.2 Å². The van der Waals surface area contributed by atoms with Crippen LogP contribution in [-0.2, 0) is 0 Å². The molecule has 0 bridgehead atoms. The van der Waals surface area contributed by atoms with Crippen LogP contribution in [0.4, 0.5) is 0 Å². The summed E-state index contributed by atoms with van der Waals surface area (Å²) in [6.45, 7) is 4.11. The third-order valence-electron chi connectivity index (χ3n) is 3.50. The molecule has 1 aliphatic rings. The standard InChI is InChI=1S/C14H19Cl2NO/c1-2-17(10-6-7-10)9-8-13(18)11-4-3-5-12(15)14(11)16/h3-5,10,13,18H,2,6-9H2,1H3. The van der Waals surface area contributed by atoms with E-state index in [0.29, 0.717) is 16.5 Å². The van der Waals surface area contributed by atoms with Crippen molar-refractivity contribution in [3.8, 4) is 0 Å². The first-order chi connectivity index (χ1) is 8.63. The molecule has 0 aromatic heterocycles. The zero-order chi connectivity index (χ0) is 13.1. The molecule has 0 amide bonds. The summed E-state index contributed by atoms with van der Waals surface area (Å²) in [4.78, 5) is 2.42. The molecular formula is C14H19Cl2NO. The molecule has 1 aromatic carbocycles. The summed E-state index contributed by atoms with van der Waals surface area (Å²) in [6, 6.07) is 6.14. The molecule has 0 heterocycles. The molecule has 0 saturated heterocycles. The molecule has 0 aliphatic heterocycles. The Hall–Kier alpha value is -0.280. The quantitative estimate of drug-likeness (QED) is 0.858. The van der Waals surface area contributed by atoms with Crippen LogP contribution in [0.2, 0.25) is 10.0 Å². The molecule has 0 spiro atoms. The van der Waals surface area contributed by atoms with Gasteiger partial charge in [0.05, 0.1) is 16.1 Å². The van der Waals surface area contributed by atoms with E-state index in [4.69, 9.17) is 23.2 Å². The second kappa shape index (κ2) is 6.25. The van der Waals surface area contributed by atoms with E-state index in [1.165, 1.54) is 12.8 Å². The molecule has 18 heavy (non-hydrogen) atoms. The summed E-state index contributed by atoms with van der Waals surface area (Å²) < 4.78 is 0. The molecule has 1 N–H and O–H groups in total. The number of benzene rings is 1. The number of nitrogens with zero attached hydrogens (tertiary/aromatic N) is 1. The first kappa shape index (κ1) is 14.1. The smallest absolute Gasteiger partial charge is 0.0817 e. The summed E-state index contributed by atoms with van der Waals surface area (Å²) in [5, 5.41) is 11.2. The van der Waals surface area contributed by atoms with Crippen LogP contribution in [0.5, 0.6) is 0 Å². The van der Waals surface area contributed by atoms with Gasteiger partial charge in [0.25, 0.3) is 0 Å². The van der Waals surface area contributed by atoms with E-state index in [2.05, 4.69) is 11.8 Å². The van der Waals surface area contributed by atoms with Crippen molar-refractivity contribution in [3.63, 3.8) is 0 Å². The van der Waals surface area contributed by atoms with E-state index < -0.39 is 6.10 Å². The first-order valence-corrected chi connectivity index (χ1v) is 7.25. The second-order valence-electron chi connectivity index (χ2n) is 4.81. The van der Waals surface area contributed by atoms with Gasteiger partial charge in [0.2, 0.25) is 0 Å². The maximum absolute atomic E-state index is 10.2. The molecule has 1 aromatic rings. The highest BCUT2D eigenvalue weighted by Crippen LogP contribution is 2.32. The SMILES string of the molecule is CCN(CCC(O)c1cccc(Cl)c1Cl)C1CC1. The van der Waals surface area contributed by atoms with Crippen molar-refractivity contribution in [1.82, 2.24) is 4.90 Å². The van der Waals surface area contributed by atoms with Gasteiger partial charge in [-0.2, -0.15) is 0 Å². The molecule has 2 rings (SSSR count). The van der Waals surface area contributed by atoms with Crippen molar-refractivity contribution in [2.75, 3.05) is 13.1 Å². The Balaban J connectivity index is 1.94. The van der Waals surface area contributed by atoms with E-state index in [1.807, 2.05) is 12.1 Å². The number of halogens is 2. The average Bonchev–Trinajstić information content (AvgIpc) is 3.17. The van der Waals surface area contributed by atoms with Gasteiger partial charge in [-0.1, -0.05) is 42.3 Å². The molecule has 100 valence electrons. The van der Waals surface area contributed by atoms with Gasteiger partial charge in [-0.15, -0.1) is 0 Å². The lowest BCUT2D eigenvalue weighted by Crippen LogP contribution is -2.27. The summed E-state index contributed by atoms with van der Waals surface area (Å²) >= 11 is 12.1. The lowest BCUT2D eigenvalue weighted by atomic mass is 10.1. The minimum atomic E-state index is -0.538. The summed E-state index contributed by atoms with van der Waals surface area (Å²) in [6.07, 6.45) is 2.75. The maximum atomic E-state index is 10.2. The van der Waals surface area contributed by atoms with Gasteiger partial charge in [0.15, 0.2) is 0 Å². The van der Waals surface area contributed by atoms with Crippen LogP contribution in [0.1, 0.15) is 37.9 Å². The Morgan fingerprint density at radius 2 is 2.11 bits per heavy atom. The van der Waals surface area contributed by atoms with Crippen molar-refractivity contribution in [1.29, 1.82) is 0 Å². The lowest BCUT2D eigenvalue weighted by Gasteiger charge is -2.22. The van der Waals surface area contributed by atoms with Crippen molar-refractivity contribution in [2.45, 2.75) is 38.3 Å². The van der Waals surface area contributed by atoms with E-state index in [9.17, 15) is 5.11 Å². The highest BCUT2D eigenvalue weighted by Gasteiger charge is 2.28. The van der Waals surface area contributed by atoms with Crippen LogP contribution in [0.3, 0.4) is 0 Å². The Kier molecular flexibility index (Phi) is 4.91. The van der Waals surface area contributed by atoms with Gasteiger partial charge in [0, 0.05) is 18.2 Å². The zero-order valence-electron chi connectivity index (χ0n) is 10.6. The Morgan fingerprint density at radius 1 is 1.39 bits per heavy atom. The third kappa shape index (κ3) is 3.39. The van der Waals surface area contributed by atoms with E-state index in [-0.39, 0.29) is 0 Å². The van der Waals surface area contributed by atoms with Gasteiger partial charge in [-0.3, -0.25) is 0 Å². The minimum Gasteiger partial charge on any atom is -0.388 e. The molecule has 1 fully saturated rings. The molecule has 2 nitrogen and oxygen atoms in total. The van der Waals surface area contributed by atoms with Crippen LogP contribution in [0, 0.1) is 0 Å². The molecular weight excluding hydrogens is 269 g/mol. The summed E-state index contributed by atoms with van der Waals surface area (Å²) in [5.41, 5.74) is 0.732. The Morgan fingerprint density at radius 3 is 2.72 bits per heavy atom. The van der Waals surface area contributed by atoms with Gasteiger partial charge >= 0.3 is 0 Å². The van der Waals surface area contributed by atoms with Gasteiger partial charge < -0.3 is 10.0 Å². The average molecular weight is 288 g/mol. The zero-order valence-corrected chi connectivity index (χ0v) is 12.1. The number of aliphatic hydroxyl groups excluding tert-OH is 1. The molecule has 1 atom stereocenters. The number of aliphatic hydroxyl groups is 1. The largest absolute Gasteiger partial charge is 0.388 e. The van der Waals surface area contributed by atoms with Crippen LogP contribution in [0.25, 0.3) is 0 Å². The topological polar surface area (TPSA) is 23.5 Å². The maximum Gasteiger partial charge on any atom is 0.0817 e. The normalized spacial score (nSPS) is 17.2. The summed E-state index contributed by atoms with van der Waals surface area (Å²) in [5.74, 6) is 0. The molecule has 1 saturated carbocycles. The molecule has 0 radical (unpaired) electrons. The van der Waals surface area contributed by atoms with E-state index in [0.717, 1.165) is 24.7 Å². The molecule has 4 heteroatoms. The fraction of sp³-hybridized carbons (Fsp3) is 0.571. The van der Waals surface area contributed by atoms with Crippen LogP contribution in [0.15, 0.2) is 18.2 Å². The number of hydrogen-bond donors (Lipinski definition) is 1. The Bertz CT molecular complexity index is 407. The monoisotopic (exact) mass is 287 g/mol. The predicted octanol–water partition coefficient (Wildman–Crippen LogP) is 3.90. The second-order valence-corrected chi connectivity index (χ2v) is 5.59. The minimum absolute atomic E-state index is 0.473. The summed E-state index contributed by atoms with van der Waals surface area (Å²) in [7, 11) is 0. The van der Waals surface area contributed by atoms with Crippen molar-refractivity contribution in [3.05, 3.63) is 33.8 Å². The van der Waals surface area contributed by atoms with E-state index >= 15 is 0 Å². The van der Waals surface area contributed by atoms with Gasteiger partial charge in [-0.05, 0) is 31.9 Å². The third-order valence-corrected chi connectivity index (χ3v) is 4.33. The highest BCUT2D eigenvalue weighted by molar-refractivity contribution is 6.42. The number of rotatable bonds is 6. The van der Waals surface area contributed by atoms with Crippen molar-refractivity contribution < 1.29 is 5.11 Å². The van der Waals surface area contributed by atoms with E-state index in [1.54, 1.807) is 6.07 Å². The van der Waals surface area contributed by atoms with Crippen molar-refractivity contribution in [2.24, 2.45) is 0 Å². The van der Waals surface area contributed by atoms with Gasteiger partial charge in [-0.25, -0.2) is 0 Å². The fourth-order valence-corrected chi connectivity index (χ4v) is 2.69. The van der Waals surface area contributed by atoms with Crippen LogP contribution < -0.4 is 0 Å². The first-order valence-electron chi connectivity index (χ1n) is 6.49. The fourth-order valence-electron chi connectivity index (χ4n) is 2.26.